The molecule has 0 aliphatic heterocycles. The monoisotopic (exact) mass is 356 g/mol. The van der Waals surface area contributed by atoms with Gasteiger partial charge < -0.3 is 4.74 Å². The molecular formula is C24H36O2. The number of hydrogen-bond donors (Lipinski definition) is 0. The second-order valence-electron chi connectivity index (χ2n) is 10.0. The molecule has 4 rings (SSSR count). The van der Waals surface area contributed by atoms with Crippen LogP contribution >= 0.6 is 0 Å². The van der Waals surface area contributed by atoms with E-state index in [4.69, 9.17) is 4.74 Å². The topological polar surface area (TPSA) is 26.3 Å². The maximum atomic E-state index is 11.1. The van der Waals surface area contributed by atoms with Gasteiger partial charge in [0.05, 0.1) is 6.61 Å². The van der Waals surface area contributed by atoms with Crippen molar-refractivity contribution in [3.8, 4) is 0 Å². The van der Waals surface area contributed by atoms with Crippen molar-refractivity contribution in [3.63, 3.8) is 0 Å². The Balaban J connectivity index is 1.58. The van der Waals surface area contributed by atoms with E-state index in [1.807, 2.05) is 0 Å². The van der Waals surface area contributed by atoms with E-state index in [9.17, 15) is 4.79 Å². The first kappa shape index (κ1) is 18.3. The summed E-state index contributed by atoms with van der Waals surface area (Å²) in [4.78, 5) is 11.1. The molecule has 0 aromatic heterocycles. The van der Waals surface area contributed by atoms with Gasteiger partial charge in [-0.15, -0.1) is 0 Å². The van der Waals surface area contributed by atoms with Gasteiger partial charge in [-0.05, 0) is 98.4 Å². The summed E-state index contributed by atoms with van der Waals surface area (Å²) >= 11 is 0. The van der Waals surface area contributed by atoms with Crippen LogP contribution < -0.4 is 0 Å². The van der Waals surface area contributed by atoms with Gasteiger partial charge in [-0.3, -0.25) is 4.79 Å². The lowest BCUT2D eigenvalue weighted by molar-refractivity contribution is -0.141. The molecule has 0 saturated heterocycles. The van der Waals surface area contributed by atoms with Crippen LogP contribution in [0.25, 0.3) is 0 Å². The summed E-state index contributed by atoms with van der Waals surface area (Å²) in [6.07, 6.45) is 15.7. The largest absolute Gasteiger partial charge is 0.466 e. The predicted octanol–water partition coefficient (Wildman–Crippen LogP) is 6.07. The van der Waals surface area contributed by atoms with Crippen LogP contribution in [0, 0.1) is 34.5 Å². The molecule has 0 unspecified atom stereocenters. The van der Waals surface area contributed by atoms with Gasteiger partial charge in [0.2, 0.25) is 0 Å². The minimum atomic E-state index is -0.135. The molecular weight excluding hydrogens is 320 g/mol. The summed E-state index contributed by atoms with van der Waals surface area (Å²) in [5.41, 5.74) is 4.10. The molecule has 2 fully saturated rings. The van der Waals surface area contributed by atoms with Gasteiger partial charge in [-0.25, -0.2) is 0 Å². The van der Waals surface area contributed by atoms with Crippen LogP contribution in [0.2, 0.25) is 0 Å². The first-order valence-corrected chi connectivity index (χ1v) is 10.9. The van der Waals surface area contributed by atoms with Crippen molar-refractivity contribution < 1.29 is 9.53 Å². The Morgan fingerprint density at radius 1 is 1.19 bits per heavy atom. The third-order valence-corrected chi connectivity index (χ3v) is 8.85. The highest BCUT2D eigenvalue weighted by Crippen LogP contribution is 2.66. The maximum Gasteiger partial charge on any atom is 0.302 e. The van der Waals surface area contributed by atoms with Gasteiger partial charge >= 0.3 is 5.97 Å². The Morgan fingerprint density at radius 3 is 2.77 bits per heavy atom. The van der Waals surface area contributed by atoms with Gasteiger partial charge in [0, 0.05) is 6.92 Å². The zero-order valence-electron chi connectivity index (χ0n) is 17.1. The second-order valence-corrected chi connectivity index (χ2v) is 10.0. The molecule has 4 aliphatic rings. The van der Waals surface area contributed by atoms with Crippen molar-refractivity contribution in [3.05, 3.63) is 23.3 Å². The molecule has 0 spiro atoms. The number of allylic oxidation sites excluding steroid dienone is 4. The van der Waals surface area contributed by atoms with Crippen LogP contribution in [0.15, 0.2) is 23.3 Å². The van der Waals surface area contributed by atoms with E-state index in [1.54, 1.807) is 11.1 Å². The van der Waals surface area contributed by atoms with E-state index in [0.29, 0.717) is 17.4 Å². The quantitative estimate of drug-likeness (QED) is 0.573. The summed E-state index contributed by atoms with van der Waals surface area (Å²) < 4.78 is 5.28. The molecule has 6 atom stereocenters. The van der Waals surface area contributed by atoms with Gasteiger partial charge in [0.1, 0.15) is 0 Å². The summed E-state index contributed by atoms with van der Waals surface area (Å²) in [6.45, 7) is 9.62. The van der Waals surface area contributed by atoms with Crippen LogP contribution in [-0.4, -0.2) is 12.6 Å². The van der Waals surface area contributed by atoms with E-state index in [0.717, 1.165) is 30.1 Å². The highest BCUT2D eigenvalue weighted by atomic mass is 16.5. The first-order valence-electron chi connectivity index (χ1n) is 10.9. The lowest BCUT2D eigenvalue weighted by atomic mass is 9.47. The van der Waals surface area contributed by atoms with Crippen LogP contribution in [0.4, 0.5) is 0 Å². The molecule has 0 amide bonds. The molecule has 4 aliphatic carbocycles. The summed E-state index contributed by atoms with van der Waals surface area (Å²) in [7, 11) is 0. The lowest BCUT2D eigenvalue weighted by Crippen LogP contribution is -2.49. The predicted molar refractivity (Wildman–Crippen MR) is 106 cm³/mol. The molecule has 2 heteroatoms. The maximum absolute atomic E-state index is 11.1. The standard InChI is InChI=1S/C24H36O2/c1-16-15-19-21-9-8-18(11-14-26-17(2)25)23(21,3)13-10-22(19)24(4)12-6-5-7-20(16)24/h7,15,18-19,21-22H,5-6,8-14H2,1-4H3/t18-,19+,21+,22+,23-,24+/m1/s1. The number of carbonyl (C=O) groups is 1. The van der Waals surface area contributed by atoms with Crippen LogP contribution in [0.5, 0.6) is 0 Å². The average Bonchev–Trinajstić information content (AvgIpc) is 2.91. The molecule has 0 N–H and O–H groups in total. The fourth-order valence-corrected chi connectivity index (χ4v) is 7.56. The SMILES string of the molecule is CC(=O)OCC[C@H]1CC[C@H]2[C@@H]3C=C(C)C4=CCCC[C@]4(C)[C@H]3CC[C@]12C. The van der Waals surface area contributed by atoms with Crippen molar-refractivity contribution in [2.45, 2.75) is 79.1 Å². The van der Waals surface area contributed by atoms with Gasteiger partial charge in [0.25, 0.3) is 0 Å². The van der Waals surface area contributed by atoms with Crippen LogP contribution in [0.3, 0.4) is 0 Å². The van der Waals surface area contributed by atoms with Gasteiger partial charge in [-0.1, -0.05) is 31.6 Å². The average molecular weight is 357 g/mol. The zero-order valence-corrected chi connectivity index (χ0v) is 17.1. The van der Waals surface area contributed by atoms with Crippen LogP contribution in [-0.2, 0) is 9.53 Å². The molecule has 2 saturated carbocycles. The second kappa shape index (κ2) is 6.53. The Labute approximate surface area is 159 Å². The van der Waals surface area contributed by atoms with E-state index in [-0.39, 0.29) is 5.97 Å². The third-order valence-electron chi connectivity index (χ3n) is 8.85. The van der Waals surface area contributed by atoms with E-state index in [2.05, 4.69) is 32.9 Å². The van der Waals surface area contributed by atoms with E-state index >= 15 is 0 Å². The molecule has 0 radical (unpaired) electrons. The molecule has 26 heavy (non-hydrogen) atoms. The third kappa shape index (κ3) is 2.70. The van der Waals surface area contributed by atoms with Crippen molar-refractivity contribution in [1.82, 2.24) is 0 Å². The number of ether oxygens (including phenoxy) is 1. The van der Waals surface area contributed by atoms with E-state index < -0.39 is 0 Å². The minimum Gasteiger partial charge on any atom is -0.466 e. The van der Waals surface area contributed by atoms with Gasteiger partial charge in [0.15, 0.2) is 0 Å². The number of esters is 1. The summed E-state index contributed by atoms with van der Waals surface area (Å²) in [5.74, 6) is 3.00. The molecule has 144 valence electrons. The Kier molecular flexibility index (Phi) is 4.60. The number of hydrogen-bond acceptors (Lipinski definition) is 2. The van der Waals surface area contributed by atoms with Crippen molar-refractivity contribution in [2.75, 3.05) is 6.61 Å². The zero-order chi connectivity index (χ0) is 18.5. The summed E-state index contributed by atoms with van der Waals surface area (Å²) in [5, 5.41) is 0. The highest BCUT2D eigenvalue weighted by molar-refractivity contribution is 5.65. The Hall–Kier alpha value is -1.05. The van der Waals surface area contributed by atoms with Crippen LogP contribution in [0.1, 0.15) is 79.1 Å². The number of fused-ring (bicyclic) bond motifs is 5. The highest BCUT2D eigenvalue weighted by Gasteiger charge is 2.57. The normalized spacial score (nSPS) is 44.3. The number of rotatable bonds is 3. The van der Waals surface area contributed by atoms with E-state index in [1.165, 1.54) is 51.9 Å². The molecule has 0 heterocycles. The van der Waals surface area contributed by atoms with Crippen molar-refractivity contribution in [2.24, 2.45) is 34.5 Å². The molecule has 0 aromatic carbocycles. The fraction of sp³-hybridized carbons (Fsp3) is 0.792. The van der Waals surface area contributed by atoms with Crippen molar-refractivity contribution in [1.29, 1.82) is 0 Å². The minimum absolute atomic E-state index is 0.135. The fourth-order valence-electron chi connectivity index (χ4n) is 7.56. The smallest absolute Gasteiger partial charge is 0.302 e. The van der Waals surface area contributed by atoms with Gasteiger partial charge in [-0.2, -0.15) is 0 Å². The molecule has 0 bridgehead atoms. The van der Waals surface area contributed by atoms with Crippen molar-refractivity contribution >= 4 is 5.97 Å². The first-order chi connectivity index (χ1) is 12.4. The number of carbonyl (C=O) groups excluding carboxylic acids is 1. The Morgan fingerprint density at radius 2 is 2.00 bits per heavy atom. The molecule has 0 aromatic rings. The summed E-state index contributed by atoms with van der Waals surface area (Å²) in [6, 6.07) is 0. The lowest BCUT2D eigenvalue weighted by Gasteiger charge is -2.57. The Bertz CT molecular complexity index is 645. The molecule has 2 nitrogen and oxygen atoms in total.